The van der Waals surface area contributed by atoms with E-state index in [1.807, 2.05) is 0 Å². The first-order valence-electron chi connectivity index (χ1n) is 7.62. The smallest absolute Gasteiger partial charge is 0.0695 e. The van der Waals surface area contributed by atoms with Gasteiger partial charge in [-0.15, -0.1) is 0 Å². The molecule has 1 aromatic carbocycles. The van der Waals surface area contributed by atoms with Crippen molar-refractivity contribution in [2.45, 2.75) is 65.4 Å². The summed E-state index contributed by atoms with van der Waals surface area (Å²) < 4.78 is 0. The molecule has 19 heavy (non-hydrogen) atoms. The number of rotatable bonds is 3. The van der Waals surface area contributed by atoms with Crippen molar-refractivity contribution in [3.8, 4) is 0 Å². The molecule has 1 heteroatoms. The first-order chi connectivity index (χ1) is 8.82. The Morgan fingerprint density at radius 3 is 2.21 bits per heavy atom. The lowest BCUT2D eigenvalue weighted by molar-refractivity contribution is -0.0574. The Morgan fingerprint density at radius 1 is 1.11 bits per heavy atom. The van der Waals surface area contributed by atoms with E-state index in [1.54, 1.807) is 0 Å². The average Bonchev–Trinajstić information content (AvgIpc) is 2.26. The van der Waals surface area contributed by atoms with Crippen LogP contribution < -0.4 is 0 Å². The highest BCUT2D eigenvalue weighted by atomic mass is 16.3. The van der Waals surface area contributed by atoms with Crippen molar-refractivity contribution >= 4 is 0 Å². The van der Waals surface area contributed by atoms with Gasteiger partial charge in [-0.2, -0.15) is 0 Å². The molecule has 1 saturated carbocycles. The van der Waals surface area contributed by atoms with Gasteiger partial charge in [-0.25, -0.2) is 0 Å². The van der Waals surface area contributed by atoms with Gasteiger partial charge in [-0.3, -0.25) is 0 Å². The van der Waals surface area contributed by atoms with Crippen LogP contribution >= 0.6 is 0 Å². The van der Waals surface area contributed by atoms with Crippen LogP contribution in [0.5, 0.6) is 0 Å². The Kier molecular flexibility index (Phi) is 4.06. The molecule has 2 unspecified atom stereocenters. The third kappa shape index (κ3) is 3.82. The fourth-order valence-electron chi connectivity index (χ4n) is 4.11. The van der Waals surface area contributed by atoms with Gasteiger partial charge in [0.1, 0.15) is 0 Å². The summed E-state index contributed by atoms with van der Waals surface area (Å²) in [5.41, 5.74) is 2.38. The summed E-state index contributed by atoms with van der Waals surface area (Å²) in [6.45, 7) is 9.02. The second-order valence-electron chi connectivity index (χ2n) is 7.43. The normalized spacial score (nSPS) is 30.3. The third-order valence-electron chi connectivity index (χ3n) is 4.40. The molecule has 106 valence electrons. The topological polar surface area (TPSA) is 20.2 Å². The van der Waals surface area contributed by atoms with E-state index in [0.717, 1.165) is 25.7 Å². The summed E-state index contributed by atoms with van der Waals surface area (Å²) in [5, 5.41) is 11.0. The third-order valence-corrected chi connectivity index (χ3v) is 4.40. The molecule has 1 fully saturated rings. The van der Waals surface area contributed by atoms with Gasteiger partial charge < -0.3 is 5.11 Å². The first-order valence-corrected chi connectivity index (χ1v) is 7.62. The summed E-state index contributed by atoms with van der Waals surface area (Å²) >= 11 is 0. The van der Waals surface area contributed by atoms with Gasteiger partial charge in [0.2, 0.25) is 0 Å². The van der Waals surface area contributed by atoms with Crippen LogP contribution in [0.1, 0.15) is 58.1 Å². The number of benzene rings is 1. The van der Waals surface area contributed by atoms with Crippen LogP contribution in [0.3, 0.4) is 0 Å². The number of hydrogen-bond donors (Lipinski definition) is 1. The minimum Gasteiger partial charge on any atom is -0.390 e. The van der Waals surface area contributed by atoms with E-state index in [4.69, 9.17) is 0 Å². The van der Waals surface area contributed by atoms with E-state index in [0.29, 0.717) is 5.92 Å². The largest absolute Gasteiger partial charge is 0.390 e. The minimum atomic E-state index is -0.519. The van der Waals surface area contributed by atoms with Crippen molar-refractivity contribution in [1.82, 2.24) is 0 Å². The van der Waals surface area contributed by atoms with Crippen LogP contribution in [0.2, 0.25) is 0 Å². The van der Waals surface area contributed by atoms with Crippen molar-refractivity contribution in [3.05, 3.63) is 35.4 Å². The fraction of sp³-hybridized carbons (Fsp3) is 0.667. The molecular formula is C18H28O. The molecule has 0 bridgehead atoms. The van der Waals surface area contributed by atoms with Crippen LogP contribution in [-0.4, -0.2) is 10.7 Å². The molecular weight excluding hydrogens is 232 g/mol. The lowest BCUT2D eigenvalue weighted by Gasteiger charge is -2.44. The Hall–Kier alpha value is -0.820. The molecule has 1 aromatic rings. The monoisotopic (exact) mass is 260 g/mol. The zero-order valence-corrected chi connectivity index (χ0v) is 12.9. The van der Waals surface area contributed by atoms with Gasteiger partial charge in [0.25, 0.3) is 0 Å². The highest BCUT2D eigenvalue weighted by Gasteiger charge is 2.41. The van der Waals surface area contributed by atoms with Crippen LogP contribution in [-0.2, 0) is 12.8 Å². The second-order valence-corrected chi connectivity index (χ2v) is 7.43. The summed E-state index contributed by atoms with van der Waals surface area (Å²) in [6.07, 6.45) is 4.95. The van der Waals surface area contributed by atoms with Crippen molar-refractivity contribution in [3.63, 3.8) is 0 Å². The summed E-state index contributed by atoms with van der Waals surface area (Å²) in [6, 6.07) is 8.75. The van der Waals surface area contributed by atoms with E-state index in [1.165, 1.54) is 17.5 Å². The summed E-state index contributed by atoms with van der Waals surface area (Å²) in [4.78, 5) is 0. The molecule has 2 rings (SSSR count). The van der Waals surface area contributed by atoms with E-state index in [2.05, 4.69) is 52.0 Å². The van der Waals surface area contributed by atoms with Gasteiger partial charge in [-0.05, 0) is 48.1 Å². The molecule has 0 aliphatic heterocycles. The zero-order chi connectivity index (χ0) is 14.1. The summed E-state index contributed by atoms with van der Waals surface area (Å²) in [5.74, 6) is 0.615. The first kappa shape index (κ1) is 14.6. The molecule has 0 saturated heterocycles. The highest BCUT2D eigenvalue weighted by molar-refractivity contribution is 5.24. The Balaban J connectivity index is 2.11. The average molecular weight is 260 g/mol. The predicted octanol–water partition coefficient (Wildman–Crippen LogP) is 4.37. The maximum atomic E-state index is 11.0. The number of hydrogen-bond acceptors (Lipinski definition) is 1. The van der Waals surface area contributed by atoms with E-state index in [9.17, 15) is 5.11 Å². The number of aliphatic hydroxyl groups is 1. The molecule has 0 heterocycles. The zero-order valence-electron chi connectivity index (χ0n) is 12.9. The highest BCUT2D eigenvalue weighted by Crippen LogP contribution is 2.45. The van der Waals surface area contributed by atoms with Gasteiger partial charge in [0, 0.05) is 6.42 Å². The molecule has 1 aliphatic carbocycles. The Bertz CT molecular complexity index is 418. The van der Waals surface area contributed by atoms with Crippen LogP contribution in [0, 0.1) is 11.3 Å². The van der Waals surface area contributed by atoms with E-state index in [-0.39, 0.29) is 5.41 Å². The second kappa shape index (κ2) is 5.28. The van der Waals surface area contributed by atoms with E-state index >= 15 is 0 Å². The minimum absolute atomic E-state index is 0.260. The molecule has 1 nitrogen and oxygen atoms in total. The molecule has 0 amide bonds. The molecule has 0 aromatic heterocycles. The molecule has 1 aliphatic rings. The number of aryl methyl sites for hydroxylation is 1. The Labute approximate surface area is 118 Å². The van der Waals surface area contributed by atoms with Gasteiger partial charge >= 0.3 is 0 Å². The van der Waals surface area contributed by atoms with Gasteiger partial charge in [-0.1, -0.05) is 52.0 Å². The van der Waals surface area contributed by atoms with Crippen molar-refractivity contribution in [2.24, 2.45) is 11.3 Å². The van der Waals surface area contributed by atoms with Gasteiger partial charge in [0.05, 0.1) is 5.60 Å². The standard InChI is InChI=1S/C18H28O/c1-5-15-6-8-16(9-7-15)12-18(19)11-14(2)10-17(3,4)13-18/h6-9,14,19H,5,10-13H2,1-4H3. The van der Waals surface area contributed by atoms with Crippen molar-refractivity contribution in [1.29, 1.82) is 0 Å². The molecule has 2 atom stereocenters. The maximum absolute atomic E-state index is 11.0. The molecule has 0 spiro atoms. The van der Waals surface area contributed by atoms with Crippen molar-refractivity contribution in [2.75, 3.05) is 0 Å². The van der Waals surface area contributed by atoms with Crippen LogP contribution in [0.4, 0.5) is 0 Å². The Morgan fingerprint density at radius 2 is 1.68 bits per heavy atom. The quantitative estimate of drug-likeness (QED) is 0.855. The van der Waals surface area contributed by atoms with Crippen molar-refractivity contribution < 1.29 is 5.11 Å². The van der Waals surface area contributed by atoms with Crippen LogP contribution in [0.15, 0.2) is 24.3 Å². The van der Waals surface area contributed by atoms with Crippen LogP contribution in [0.25, 0.3) is 0 Å². The van der Waals surface area contributed by atoms with E-state index < -0.39 is 5.60 Å². The molecule has 0 radical (unpaired) electrons. The molecule has 1 N–H and O–H groups in total. The SMILES string of the molecule is CCc1ccc(CC2(O)CC(C)CC(C)(C)C2)cc1. The fourth-order valence-corrected chi connectivity index (χ4v) is 4.11. The maximum Gasteiger partial charge on any atom is 0.0695 e. The lowest BCUT2D eigenvalue weighted by Crippen LogP contribution is -2.43. The lowest BCUT2D eigenvalue weighted by atomic mass is 9.64. The predicted molar refractivity (Wildman–Crippen MR) is 81.3 cm³/mol. The van der Waals surface area contributed by atoms with Gasteiger partial charge in [0.15, 0.2) is 0 Å². The summed E-state index contributed by atoms with van der Waals surface area (Å²) in [7, 11) is 0.